The van der Waals surface area contributed by atoms with Gasteiger partial charge in [0.25, 0.3) is 0 Å². The second-order valence-electron chi connectivity index (χ2n) is 7.26. The highest BCUT2D eigenvalue weighted by atomic mass is 16.5. The number of aryl methyl sites for hydroxylation is 1. The van der Waals surface area contributed by atoms with Crippen LogP contribution in [0.4, 0.5) is 0 Å². The maximum absolute atomic E-state index is 12.3. The minimum atomic E-state index is -0.167. The standard InChI is InChI=1S/C24H27NO4/c1-15-6-8-18(9-7-15)21-14-29-23-12-22(28-5)19(11-20(21)23)16(2)10-24(26)25-17(3)13-27-4/h6-12,14,17H,13H2,1-5H3,(H,25,26)/b16-10+. The summed E-state index contributed by atoms with van der Waals surface area (Å²) in [4.78, 5) is 12.3. The van der Waals surface area contributed by atoms with Crippen LogP contribution in [0, 0.1) is 6.92 Å². The molecule has 5 nitrogen and oxygen atoms in total. The predicted molar refractivity (Wildman–Crippen MR) is 116 cm³/mol. The average Bonchev–Trinajstić information content (AvgIpc) is 3.10. The fraction of sp³-hybridized carbons (Fsp3) is 0.292. The normalized spacial score (nSPS) is 12.8. The van der Waals surface area contributed by atoms with Crippen LogP contribution in [0.2, 0.25) is 0 Å². The van der Waals surface area contributed by atoms with Gasteiger partial charge in [0.1, 0.15) is 11.3 Å². The number of hydrogen-bond acceptors (Lipinski definition) is 4. The smallest absolute Gasteiger partial charge is 0.244 e. The molecule has 0 aliphatic heterocycles. The van der Waals surface area contributed by atoms with Crippen LogP contribution in [0.15, 0.2) is 53.2 Å². The van der Waals surface area contributed by atoms with Gasteiger partial charge < -0.3 is 19.2 Å². The van der Waals surface area contributed by atoms with Crippen LogP contribution in [0.1, 0.15) is 25.0 Å². The second-order valence-corrected chi connectivity index (χ2v) is 7.26. The molecular weight excluding hydrogens is 366 g/mol. The van der Waals surface area contributed by atoms with Crippen LogP contribution in [0.3, 0.4) is 0 Å². The molecule has 0 aliphatic rings. The van der Waals surface area contributed by atoms with Crippen molar-refractivity contribution in [3.63, 3.8) is 0 Å². The Morgan fingerprint density at radius 1 is 1.21 bits per heavy atom. The minimum Gasteiger partial charge on any atom is -0.496 e. The molecule has 0 fully saturated rings. The quantitative estimate of drug-likeness (QED) is 0.576. The molecule has 1 unspecified atom stereocenters. The van der Waals surface area contributed by atoms with Crippen molar-refractivity contribution < 1.29 is 18.7 Å². The lowest BCUT2D eigenvalue weighted by Crippen LogP contribution is -2.34. The van der Waals surface area contributed by atoms with Gasteiger partial charge in [-0.05, 0) is 38.0 Å². The molecule has 0 aliphatic carbocycles. The Kier molecular flexibility index (Phi) is 6.39. The van der Waals surface area contributed by atoms with Gasteiger partial charge in [-0.25, -0.2) is 0 Å². The zero-order chi connectivity index (χ0) is 21.0. The van der Waals surface area contributed by atoms with Gasteiger partial charge in [0.15, 0.2) is 0 Å². The Hall–Kier alpha value is -3.05. The molecule has 0 saturated heterocycles. The summed E-state index contributed by atoms with van der Waals surface area (Å²) in [6, 6.07) is 12.1. The number of ether oxygens (including phenoxy) is 2. The minimum absolute atomic E-state index is 0.0667. The van der Waals surface area contributed by atoms with E-state index in [2.05, 4.69) is 36.5 Å². The fourth-order valence-corrected chi connectivity index (χ4v) is 3.34. The van der Waals surface area contributed by atoms with Gasteiger partial charge in [0.05, 0.1) is 20.0 Å². The van der Waals surface area contributed by atoms with Crippen LogP contribution < -0.4 is 10.1 Å². The van der Waals surface area contributed by atoms with Gasteiger partial charge in [-0.15, -0.1) is 0 Å². The van der Waals surface area contributed by atoms with Gasteiger partial charge >= 0.3 is 0 Å². The third-order valence-electron chi connectivity index (χ3n) is 4.84. The maximum atomic E-state index is 12.3. The van der Waals surface area contributed by atoms with Crippen molar-refractivity contribution in [2.24, 2.45) is 0 Å². The van der Waals surface area contributed by atoms with E-state index in [-0.39, 0.29) is 11.9 Å². The van der Waals surface area contributed by atoms with E-state index in [4.69, 9.17) is 13.9 Å². The molecule has 5 heteroatoms. The van der Waals surface area contributed by atoms with Crippen molar-refractivity contribution in [1.29, 1.82) is 0 Å². The third kappa shape index (κ3) is 4.69. The summed E-state index contributed by atoms with van der Waals surface area (Å²) in [7, 11) is 3.23. The lowest BCUT2D eigenvalue weighted by atomic mass is 9.99. The van der Waals surface area contributed by atoms with Crippen LogP contribution in [0.5, 0.6) is 5.75 Å². The Balaban J connectivity index is 2.00. The number of carbonyl (C=O) groups excluding carboxylic acids is 1. The number of rotatable bonds is 7. The van der Waals surface area contributed by atoms with Gasteiger partial charge in [-0.2, -0.15) is 0 Å². The molecule has 29 heavy (non-hydrogen) atoms. The Morgan fingerprint density at radius 3 is 2.59 bits per heavy atom. The predicted octanol–water partition coefficient (Wildman–Crippen LogP) is 4.97. The highest BCUT2D eigenvalue weighted by Crippen LogP contribution is 2.37. The molecule has 3 aromatic rings. The molecule has 1 atom stereocenters. The molecule has 1 heterocycles. The van der Waals surface area contributed by atoms with E-state index in [1.54, 1.807) is 26.6 Å². The van der Waals surface area contributed by atoms with Crippen molar-refractivity contribution in [1.82, 2.24) is 5.32 Å². The van der Waals surface area contributed by atoms with Gasteiger partial charge in [-0.1, -0.05) is 29.8 Å². The molecule has 0 spiro atoms. The van der Waals surface area contributed by atoms with Gasteiger partial charge in [-0.3, -0.25) is 4.79 Å². The summed E-state index contributed by atoms with van der Waals surface area (Å²) in [5.41, 5.74) is 5.70. The number of amides is 1. The first kappa shape index (κ1) is 20.7. The number of allylic oxidation sites excluding steroid dienone is 1. The molecular formula is C24H27NO4. The Labute approximate surface area is 171 Å². The van der Waals surface area contributed by atoms with Crippen LogP contribution in [0.25, 0.3) is 27.7 Å². The van der Waals surface area contributed by atoms with Crippen molar-refractivity contribution in [2.45, 2.75) is 26.8 Å². The summed E-state index contributed by atoms with van der Waals surface area (Å²) in [6.45, 7) is 6.32. The lowest BCUT2D eigenvalue weighted by molar-refractivity contribution is -0.117. The molecule has 0 saturated carbocycles. The summed E-state index contributed by atoms with van der Waals surface area (Å²) in [6.07, 6.45) is 3.35. The number of hydrogen-bond donors (Lipinski definition) is 1. The molecule has 0 radical (unpaired) electrons. The molecule has 1 amide bonds. The SMILES string of the molecule is COCC(C)NC(=O)/C=C(\C)c1cc2c(-c3ccc(C)cc3)coc2cc1OC. The summed E-state index contributed by atoms with van der Waals surface area (Å²) < 4.78 is 16.4. The Morgan fingerprint density at radius 2 is 1.93 bits per heavy atom. The van der Waals surface area contributed by atoms with E-state index >= 15 is 0 Å². The molecule has 2 aromatic carbocycles. The second kappa shape index (κ2) is 8.97. The Bertz CT molecular complexity index is 1030. The molecule has 0 bridgehead atoms. The number of carbonyl (C=O) groups is 1. The highest BCUT2D eigenvalue weighted by Gasteiger charge is 2.15. The summed E-state index contributed by atoms with van der Waals surface area (Å²) in [5, 5.41) is 3.87. The van der Waals surface area contributed by atoms with E-state index < -0.39 is 0 Å². The van der Waals surface area contributed by atoms with Crippen LogP contribution in [-0.2, 0) is 9.53 Å². The summed E-state index contributed by atoms with van der Waals surface area (Å²) >= 11 is 0. The van der Waals surface area contributed by atoms with Crippen molar-refractivity contribution in [3.8, 4) is 16.9 Å². The largest absolute Gasteiger partial charge is 0.496 e. The van der Waals surface area contributed by atoms with E-state index in [9.17, 15) is 4.79 Å². The monoisotopic (exact) mass is 393 g/mol. The van der Waals surface area contributed by atoms with E-state index in [1.807, 2.05) is 26.0 Å². The molecule has 152 valence electrons. The number of methoxy groups -OCH3 is 2. The lowest BCUT2D eigenvalue weighted by Gasteiger charge is -2.13. The van der Waals surface area contributed by atoms with Crippen molar-refractivity contribution in [2.75, 3.05) is 20.8 Å². The number of nitrogens with one attached hydrogen (secondary N) is 1. The van der Waals surface area contributed by atoms with Gasteiger partial charge in [0.2, 0.25) is 5.91 Å². The first-order chi connectivity index (χ1) is 13.9. The topological polar surface area (TPSA) is 60.7 Å². The van der Waals surface area contributed by atoms with E-state index in [1.165, 1.54) is 5.56 Å². The number of benzene rings is 2. The number of furan rings is 1. The van der Waals surface area contributed by atoms with Crippen molar-refractivity contribution in [3.05, 3.63) is 59.9 Å². The maximum Gasteiger partial charge on any atom is 0.244 e. The van der Waals surface area contributed by atoms with Gasteiger partial charge in [0, 0.05) is 41.8 Å². The third-order valence-corrected chi connectivity index (χ3v) is 4.84. The fourth-order valence-electron chi connectivity index (χ4n) is 3.34. The molecule has 1 N–H and O–H groups in total. The number of fused-ring (bicyclic) bond motifs is 1. The highest BCUT2D eigenvalue weighted by molar-refractivity contribution is 6.00. The van der Waals surface area contributed by atoms with Crippen LogP contribution >= 0.6 is 0 Å². The van der Waals surface area contributed by atoms with Crippen molar-refractivity contribution >= 4 is 22.4 Å². The zero-order valence-electron chi connectivity index (χ0n) is 17.5. The molecule has 1 aromatic heterocycles. The average molecular weight is 393 g/mol. The molecule has 3 rings (SSSR count). The van der Waals surface area contributed by atoms with E-state index in [0.717, 1.165) is 33.2 Å². The zero-order valence-corrected chi connectivity index (χ0v) is 17.5. The summed E-state index contributed by atoms with van der Waals surface area (Å²) in [5.74, 6) is 0.494. The first-order valence-electron chi connectivity index (χ1n) is 9.57. The van der Waals surface area contributed by atoms with E-state index in [0.29, 0.717) is 12.4 Å². The first-order valence-corrected chi connectivity index (χ1v) is 9.57. The van der Waals surface area contributed by atoms with Crippen LogP contribution in [-0.4, -0.2) is 32.8 Å².